The Kier molecular flexibility index (Phi) is 3.35. The Morgan fingerprint density at radius 1 is 1.35 bits per heavy atom. The molecule has 0 radical (unpaired) electrons. The lowest BCUT2D eigenvalue weighted by molar-refractivity contribution is -0.0435. The molecule has 0 aromatic rings. The minimum Gasteiger partial charge on any atom is -0.388 e. The fourth-order valence-electron chi connectivity index (χ4n) is 3.05. The van der Waals surface area contributed by atoms with Gasteiger partial charge >= 0.3 is 0 Å². The fraction of sp³-hybridized carbons (Fsp3) is 0.529. The molecular weight excluding hydrogens is 250 g/mol. The predicted octanol–water partition coefficient (Wildman–Crippen LogP) is 2.15. The Labute approximate surface area is 120 Å². The van der Waals surface area contributed by atoms with Crippen LogP contribution in [0.1, 0.15) is 26.7 Å². The van der Waals surface area contributed by atoms with Gasteiger partial charge in [-0.25, -0.2) is 0 Å². The molecule has 0 amide bonds. The molecule has 3 heteroatoms. The van der Waals surface area contributed by atoms with Crippen molar-refractivity contribution in [1.82, 2.24) is 4.90 Å². The van der Waals surface area contributed by atoms with Crippen molar-refractivity contribution in [2.24, 2.45) is 5.92 Å². The monoisotopic (exact) mass is 273 g/mol. The first kappa shape index (κ1) is 13.7. The maximum atomic E-state index is 10.5. The van der Waals surface area contributed by atoms with Crippen molar-refractivity contribution in [2.75, 3.05) is 0 Å². The number of fused-ring (bicyclic) bond motifs is 1. The molecule has 2 aliphatic heterocycles. The van der Waals surface area contributed by atoms with Crippen LogP contribution in [0.2, 0.25) is 0 Å². The van der Waals surface area contributed by atoms with E-state index >= 15 is 0 Å². The maximum Gasteiger partial charge on any atom is 0.114 e. The van der Waals surface area contributed by atoms with Crippen LogP contribution in [0, 0.1) is 5.92 Å². The van der Waals surface area contributed by atoms with Gasteiger partial charge in [-0.1, -0.05) is 36.0 Å². The quantitative estimate of drug-likeness (QED) is 0.774. The molecule has 2 N–H and O–H groups in total. The third kappa shape index (κ3) is 2.36. The summed E-state index contributed by atoms with van der Waals surface area (Å²) in [6.07, 6.45) is 16.0. The molecule has 0 spiro atoms. The molecule has 1 saturated heterocycles. The molecule has 4 atom stereocenters. The van der Waals surface area contributed by atoms with E-state index in [2.05, 4.69) is 25.2 Å². The molecule has 3 aliphatic rings. The number of aliphatic hydroxyl groups excluding tert-OH is 1. The molecule has 0 aromatic heterocycles. The van der Waals surface area contributed by atoms with Crippen molar-refractivity contribution in [2.45, 2.75) is 50.5 Å². The zero-order valence-electron chi connectivity index (χ0n) is 12.1. The second-order valence-electron chi connectivity index (χ2n) is 6.39. The molecule has 2 heterocycles. The van der Waals surface area contributed by atoms with E-state index in [0.717, 1.165) is 11.5 Å². The van der Waals surface area contributed by atoms with Crippen molar-refractivity contribution in [3.8, 4) is 0 Å². The van der Waals surface area contributed by atoms with E-state index in [1.807, 2.05) is 29.3 Å². The number of nitrogens with zero attached hydrogens (tertiary/aromatic N) is 1. The van der Waals surface area contributed by atoms with Crippen LogP contribution in [-0.4, -0.2) is 38.9 Å². The first-order chi connectivity index (χ1) is 9.50. The van der Waals surface area contributed by atoms with Crippen LogP contribution in [0.5, 0.6) is 0 Å². The van der Waals surface area contributed by atoms with E-state index in [-0.39, 0.29) is 12.1 Å². The summed E-state index contributed by atoms with van der Waals surface area (Å²) in [6, 6.07) is -0.344. The Hall–Kier alpha value is -1.32. The molecule has 1 aliphatic carbocycles. The lowest BCUT2D eigenvalue weighted by Gasteiger charge is -2.30. The molecule has 3 rings (SSSR count). The summed E-state index contributed by atoms with van der Waals surface area (Å²) in [5, 5.41) is 21.0. The molecule has 3 nitrogen and oxygen atoms in total. The summed E-state index contributed by atoms with van der Waals surface area (Å²) in [5.41, 5.74) is 0.0171. The highest BCUT2D eigenvalue weighted by Crippen LogP contribution is 2.37. The second kappa shape index (κ2) is 4.90. The lowest BCUT2D eigenvalue weighted by Crippen LogP contribution is -2.45. The first-order valence-electron chi connectivity index (χ1n) is 7.39. The highest BCUT2D eigenvalue weighted by atomic mass is 16.3. The van der Waals surface area contributed by atoms with Gasteiger partial charge in [0.05, 0.1) is 12.1 Å². The predicted molar refractivity (Wildman–Crippen MR) is 79.9 cm³/mol. The third-order valence-corrected chi connectivity index (χ3v) is 4.54. The SMILES string of the molecule is CC(C=CC1CC1)=CC1C(O)C(C)(O)C2C=CC=CN12. The summed E-state index contributed by atoms with van der Waals surface area (Å²) in [7, 11) is 0. The van der Waals surface area contributed by atoms with Crippen molar-refractivity contribution >= 4 is 0 Å². The van der Waals surface area contributed by atoms with Crippen LogP contribution >= 0.6 is 0 Å². The number of hydrogen-bond donors (Lipinski definition) is 2. The normalized spacial score (nSPS) is 40.7. The Bertz CT molecular complexity index is 497. The van der Waals surface area contributed by atoms with Gasteiger partial charge in [0, 0.05) is 6.20 Å². The van der Waals surface area contributed by atoms with Crippen LogP contribution in [0.25, 0.3) is 0 Å². The fourth-order valence-corrected chi connectivity index (χ4v) is 3.05. The topological polar surface area (TPSA) is 43.7 Å². The van der Waals surface area contributed by atoms with Gasteiger partial charge in [-0.3, -0.25) is 0 Å². The molecule has 4 unspecified atom stereocenters. The van der Waals surface area contributed by atoms with Gasteiger partial charge < -0.3 is 15.1 Å². The summed E-state index contributed by atoms with van der Waals surface area (Å²) in [4.78, 5) is 2.04. The molecule has 2 fully saturated rings. The number of rotatable bonds is 3. The number of allylic oxidation sites excluding steroid dienone is 5. The van der Waals surface area contributed by atoms with E-state index in [1.165, 1.54) is 12.8 Å². The average Bonchev–Trinajstić information content (AvgIpc) is 3.23. The molecule has 0 bridgehead atoms. The number of hydrogen-bond acceptors (Lipinski definition) is 3. The lowest BCUT2D eigenvalue weighted by atomic mass is 9.91. The van der Waals surface area contributed by atoms with Gasteiger partial charge in [-0.15, -0.1) is 0 Å². The summed E-state index contributed by atoms with van der Waals surface area (Å²) in [6.45, 7) is 3.76. The molecule has 1 saturated carbocycles. The largest absolute Gasteiger partial charge is 0.388 e. The Morgan fingerprint density at radius 2 is 2.10 bits per heavy atom. The van der Waals surface area contributed by atoms with Crippen molar-refractivity contribution in [1.29, 1.82) is 0 Å². The van der Waals surface area contributed by atoms with Gasteiger partial charge in [-0.2, -0.15) is 0 Å². The van der Waals surface area contributed by atoms with Crippen LogP contribution < -0.4 is 0 Å². The van der Waals surface area contributed by atoms with Crippen molar-refractivity contribution in [3.05, 3.63) is 48.2 Å². The zero-order chi connectivity index (χ0) is 14.3. The highest BCUT2D eigenvalue weighted by Gasteiger charge is 2.53. The van der Waals surface area contributed by atoms with Gasteiger partial charge in [0.1, 0.15) is 11.7 Å². The molecular formula is C17H23NO2. The van der Waals surface area contributed by atoms with Gasteiger partial charge in [0.2, 0.25) is 0 Å². The van der Waals surface area contributed by atoms with E-state index in [9.17, 15) is 10.2 Å². The van der Waals surface area contributed by atoms with E-state index < -0.39 is 11.7 Å². The van der Waals surface area contributed by atoms with Crippen LogP contribution in [0.15, 0.2) is 48.2 Å². The van der Waals surface area contributed by atoms with Crippen LogP contribution in [0.3, 0.4) is 0 Å². The Morgan fingerprint density at radius 3 is 2.80 bits per heavy atom. The van der Waals surface area contributed by atoms with Gasteiger partial charge in [-0.05, 0) is 38.7 Å². The zero-order valence-corrected chi connectivity index (χ0v) is 12.1. The molecule has 0 aromatic carbocycles. The van der Waals surface area contributed by atoms with Crippen LogP contribution in [0.4, 0.5) is 0 Å². The van der Waals surface area contributed by atoms with E-state index in [1.54, 1.807) is 6.92 Å². The summed E-state index contributed by atoms with van der Waals surface area (Å²) in [5.74, 6) is 0.750. The maximum absolute atomic E-state index is 10.5. The summed E-state index contributed by atoms with van der Waals surface area (Å²) < 4.78 is 0. The number of aliphatic hydroxyl groups is 2. The smallest absolute Gasteiger partial charge is 0.114 e. The van der Waals surface area contributed by atoms with Crippen molar-refractivity contribution in [3.63, 3.8) is 0 Å². The molecule has 20 heavy (non-hydrogen) atoms. The van der Waals surface area contributed by atoms with Gasteiger partial charge in [0.15, 0.2) is 0 Å². The first-order valence-corrected chi connectivity index (χ1v) is 7.39. The van der Waals surface area contributed by atoms with E-state index in [4.69, 9.17) is 0 Å². The Balaban J connectivity index is 1.82. The highest BCUT2D eigenvalue weighted by molar-refractivity contribution is 5.30. The minimum absolute atomic E-state index is 0.163. The van der Waals surface area contributed by atoms with Gasteiger partial charge in [0.25, 0.3) is 0 Å². The third-order valence-electron chi connectivity index (χ3n) is 4.54. The second-order valence-corrected chi connectivity index (χ2v) is 6.39. The molecule has 108 valence electrons. The average molecular weight is 273 g/mol. The summed E-state index contributed by atoms with van der Waals surface area (Å²) >= 11 is 0. The minimum atomic E-state index is -1.12. The standard InChI is InChI=1S/C17H23NO2/c1-12(6-7-13-8-9-13)11-14-16(19)17(2,20)15-5-3-4-10-18(14)15/h3-7,10-11,13-16,19-20H,8-9H2,1-2H3. The van der Waals surface area contributed by atoms with E-state index in [0.29, 0.717) is 0 Å². The van der Waals surface area contributed by atoms with Crippen molar-refractivity contribution < 1.29 is 10.2 Å². The van der Waals surface area contributed by atoms with Crippen LogP contribution in [-0.2, 0) is 0 Å².